The Labute approximate surface area is 80.4 Å². The van der Waals surface area contributed by atoms with Gasteiger partial charge in [0.25, 0.3) is 0 Å². The van der Waals surface area contributed by atoms with E-state index in [2.05, 4.69) is 6.58 Å². The Hall–Kier alpha value is -0.550. The van der Waals surface area contributed by atoms with Gasteiger partial charge in [0.2, 0.25) is 0 Å². The fraction of sp³-hybridized carbons (Fsp3) is 0.778. The van der Waals surface area contributed by atoms with Gasteiger partial charge in [-0.3, -0.25) is 0 Å². The van der Waals surface area contributed by atoms with Crippen molar-refractivity contribution < 1.29 is 23.0 Å². The van der Waals surface area contributed by atoms with E-state index in [0.717, 1.165) is 0 Å². The predicted molar refractivity (Wildman–Crippen MR) is 44.7 cm³/mol. The molecule has 0 aromatic heterocycles. The van der Waals surface area contributed by atoms with Gasteiger partial charge in [0, 0.05) is 6.61 Å². The van der Waals surface area contributed by atoms with Crippen LogP contribution in [0.25, 0.3) is 0 Å². The molecule has 0 aromatic rings. The summed E-state index contributed by atoms with van der Waals surface area (Å²) in [6.07, 6.45) is -6.30. The first-order chi connectivity index (χ1) is 6.34. The summed E-state index contributed by atoms with van der Waals surface area (Å²) in [6, 6.07) is 0. The van der Waals surface area contributed by atoms with Crippen molar-refractivity contribution >= 4 is 0 Å². The molecule has 0 radical (unpaired) electrons. The van der Waals surface area contributed by atoms with E-state index in [1.54, 1.807) is 6.92 Å². The van der Waals surface area contributed by atoms with Gasteiger partial charge in [0.15, 0.2) is 0 Å². The van der Waals surface area contributed by atoms with E-state index < -0.39 is 24.0 Å². The second-order valence-corrected chi connectivity index (χ2v) is 3.57. The highest BCUT2D eigenvalue weighted by atomic mass is 19.4. The Morgan fingerprint density at radius 1 is 1.57 bits per heavy atom. The van der Waals surface area contributed by atoms with E-state index >= 15 is 0 Å². The minimum Gasteiger partial charge on any atom is -0.386 e. The van der Waals surface area contributed by atoms with Gasteiger partial charge in [0.05, 0.1) is 11.7 Å². The van der Waals surface area contributed by atoms with Crippen LogP contribution in [0.5, 0.6) is 0 Å². The number of halogens is 3. The first-order valence-corrected chi connectivity index (χ1v) is 4.39. The van der Waals surface area contributed by atoms with Crippen molar-refractivity contribution in [3.8, 4) is 0 Å². The molecule has 1 fully saturated rings. The molecular weight excluding hydrogens is 197 g/mol. The maximum absolute atomic E-state index is 12.2. The topological polar surface area (TPSA) is 29.5 Å². The Kier molecular flexibility index (Phi) is 3.21. The van der Waals surface area contributed by atoms with E-state index in [1.165, 1.54) is 0 Å². The largest absolute Gasteiger partial charge is 0.414 e. The summed E-state index contributed by atoms with van der Waals surface area (Å²) in [4.78, 5) is 0. The molecule has 3 atom stereocenters. The quantitative estimate of drug-likeness (QED) is 0.705. The molecule has 1 aliphatic rings. The number of aliphatic hydroxyl groups excluding tert-OH is 1. The fourth-order valence-corrected chi connectivity index (χ4v) is 1.49. The molecule has 1 rings (SSSR count). The van der Waals surface area contributed by atoms with Gasteiger partial charge in [-0.15, -0.1) is 0 Å². The summed E-state index contributed by atoms with van der Waals surface area (Å²) in [5.41, 5.74) is -1.13. The average molecular weight is 210 g/mol. The number of ether oxygens (including phenoxy) is 1. The molecule has 3 unspecified atom stereocenters. The number of hydrogen-bond acceptors (Lipinski definition) is 2. The summed E-state index contributed by atoms with van der Waals surface area (Å²) in [5, 5.41) is 9.38. The van der Waals surface area contributed by atoms with Crippen molar-refractivity contribution in [2.24, 2.45) is 5.92 Å². The lowest BCUT2D eigenvalue weighted by atomic mass is 9.95. The highest BCUT2D eigenvalue weighted by Crippen LogP contribution is 2.33. The number of alkyl halides is 3. The molecule has 0 bridgehead atoms. The van der Waals surface area contributed by atoms with Gasteiger partial charge in [0.1, 0.15) is 6.10 Å². The van der Waals surface area contributed by atoms with Crippen molar-refractivity contribution in [2.75, 3.05) is 6.61 Å². The molecule has 0 aromatic carbocycles. The molecule has 1 heterocycles. The molecule has 0 amide bonds. The molecule has 5 heteroatoms. The Morgan fingerprint density at radius 3 is 2.50 bits per heavy atom. The third-order valence-corrected chi connectivity index (χ3v) is 2.48. The maximum Gasteiger partial charge on any atom is 0.414 e. The van der Waals surface area contributed by atoms with Gasteiger partial charge in [-0.25, -0.2) is 0 Å². The van der Waals surface area contributed by atoms with Crippen molar-refractivity contribution in [2.45, 2.75) is 31.7 Å². The van der Waals surface area contributed by atoms with Crippen molar-refractivity contribution in [1.82, 2.24) is 0 Å². The number of rotatable bonds is 2. The van der Waals surface area contributed by atoms with Gasteiger partial charge in [-0.2, -0.15) is 13.2 Å². The Balaban J connectivity index is 2.65. The predicted octanol–water partition coefficient (Wildman–Crippen LogP) is 1.89. The summed E-state index contributed by atoms with van der Waals surface area (Å²) >= 11 is 0. The van der Waals surface area contributed by atoms with Crippen LogP contribution in [0, 0.1) is 5.92 Å². The first-order valence-electron chi connectivity index (χ1n) is 4.39. The molecule has 0 aliphatic carbocycles. The fourth-order valence-electron chi connectivity index (χ4n) is 1.49. The van der Waals surface area contributed by atoms with E-state index in [9.17, 15) is 18.3 Å². The molecule has 0 saturated carbocycles. The van der Waals surface area contributed by atoms with Gasteiger partial charge < -0.3 is 9.84 Å². The van der Waals surface area contributed by atoms with Crippen LogP contribution < -0.4 is 0 Å². The number of aliphatic hydroxyl groups is 1. The van der Waals surface area contributed by atoms with E-state index in [4.69, 9.17) is 4.74 Å². The monoisotopic (exact) mass is 210 g/mol. The minimum atomic E-state index is -4.55. The van der Waals surface area contributed by atoms with Gasteiger partial charge in [-0.1, -0.05) is 13.5 Å². The van der Waals surface area contributed by atoms with Crippen LogP contribution >= 0.6 is 0 Å². The lowest BCUT2D eigenvalue weighted by molar-refractivity contribution is -0.118. The zero-order valence-corrected chi connectivity index (χ0v) is 7.84. The van der Waals surface area contributed by atoms with Gasteiger partial charge in [-0.05, 0) is 12.3 Å². The molecule has 0 spiro atoms. The zero-order valence-electron chi connectivity index (χ0n) is 7.84. The average Bonchev–Trinajstić information content (AvgIpc) is 2.47. The van der Waals surface area contributed by atoms with Crippen LogP contribution in [0.4, 0.5) is 13.2 Å². The number of hydrogen-bond donors (Lipinski definition) is 1. The van der Waals surface area contributed by atoms with Crippen molar-refractivity contribution in [1.29, 1.82) is 0 Å². The molecule has 82 valence electrons. The van der Waals surface area contributed by atoms with Crippen LogP contribution in [0.15, 0.2) is 12.2 Å². The summed E-state index contributed by atoms with van der Waals surface area (Å²) in [6.45, 7) is 5.00. The SMILES string of the molecule is C=C(C(O)C1OCCC1C)C(F)(F)F. The third kappa shape index (κ3) is 2.27. The van der Waals surface area contributed by atoms with Crippen LogP contribution in [0.3, 0.4) is 0 Å². The molecular formula is C9H13F3O2. The summed E-state index contributed by atoms with van der Waals surface area (Å²) in [5.74, 6) is -0.0656. The van der Waals surface area contributed by atoms with E-state index in [-0.39, 0.29) is 5.92 Å². The molecule has 1 aliphatic heterocycles. The summed E-state index contributed by atoms with van der Waals surface area (Å²) in [7, 11) is 0. The Bertz CT molecular complexity index is 225. The highest BCUT2D eigenvalue weighted by molar-refractivity contribution is 5.12. The third-order valence-electron chi connectivity index (χ3n) is 2.48. The minimum absolute atomic E-state index is 0.0656. The van der Waals surface area contributed by atoms with Crippen LogP contribution in [-0.4, -0.2) is 30.1 Å². The normalized spacial score (nSPS) is 30.4. The van der Waals surface area contributed by atoms with Crippen molar-refractivity contribution in [3.05, 3.63) is 12.2 Å². The second-order valence-electron chi connectivity index (χ2n) is 3.57. The van der Waals surface area contributed by atoms with Gasteiger partial charge >= 0.3 is 6.18 Å². The van der Waals surface area contributed by atoms with Crippen molar-refractivity contribution in [3.63, 3.8) is 0 Å². The molecule has 14 heavy (non-hydrogen) atoms. The second kappa shape index (κ2) is 3.90. The van der Waals surface area contributed by atoms with E-state index in [1.807, 2.05) is 0 Å². The first kappa shape index (κ1) is 11.5. The molecule has 2 nitrogen and oxygen atoms in total. The highest BCUT2D eigenvalue weighted by Gasteiger charge is 2.42. The van der Waals surface area contributed by atoms with E-state index in [0.29, 0.717) is 13.0 Å². The lowest BCUT2D eigenvalue weighted by Gasteiger charge is -2.24. The molecule has 1 saturated heterocycles. The Morgan fingerprint density at radius 2 is 2.14 bits per heavy atom. The molecule has 1 N–H and O–H groups in total. The maximum atomic E-state index is 12.2. The smallest absolute Gasteiger partial charge is 0.386 e. The summed E-state index contributed by atoms with van der Waals surface area (Å²) < 4.78 is 41.5. The standard InChI is InChI=1S/C9H13F3O2/c1-5-3-4-14-8(5)7(13)6(2)9(10,11)12/h5,7-8,13H,2-4H2,1H3. The van der Waals surface area contributed by atoms with Crippen LogP contribution in [0.2, 0.25) is 0 Å². The lowest BCUT2D eigenvalue weighted by Crippen LogP contribution is -2.36. The van der Waals surface area contributed by atoms with Crippen LogP contribution in [-0.2, 0) is 4.74 Å². The zero-order chi connectivity index (χ0) is 10.9. The van der Waals surface area contributed by atoms with Crippen LogP contribution in [0.1, 0.15) is 13.3 Å².